The Morgan fingerprint density at radius 1 is 1.25 bits per heavy atom. The van der Waals surface area contributed by atoms with Crippen molar-refractivity contribution in [3.05, 3.63) is 29.3 Å². The molecule has 4 heteroatoms. The second kappa shape index (κ2) is 3.47. The highest BCUT2D eigenvalue weighted by atomic mass is 19.1. The lowest BCUT2D eigenvalue weighted by Gasteiger charge is -2.03. The Labute approximate surface area is 67.8 Å². The Morgan fingerprint density at radius 2 is 1.92 bits per heavy atom. The van der Waals surface area contributed by atoms with Crippen LogP contribution in [0.15, 0.2) is 12.1 Å². The quantitative estimate of drug-likeness (QED) is 0.672. The maximum absolute atomic E-state index is 12.8. The average molecular weight is 176 g/mol. The smallest absolute Gasteiger partial charge is 0.228 e. The molecule has 0 amide bonds. The zero-order valence-corrected chi connectivity index (χ0v) is 6.40. The first kappa shape index (κ1) is 8.90. The van der Waals surface area contributed by atoms with Crippen LogP contribution in [0.2, 0.25) is 0 Å². The molecular weight excluding hydrogens is 169 g/mol. The van der Waals surface area contributed by atoms with Crippen molar-refractivity contribution in [1.82, 2.24) is 0 Å². The maximum Gasteiger partial charge on any atom is 0.228 e. The molecule has 0 N–H and O–H groups in total. The number of ether oxygens (including phenoxy) is 1. The van der Waals surface area contributed by atoms with E-state index in [-0.39, 0.29) is 5.56 Å². The van der Waals surface area contributed by atoms with Gasteiger partial charge in [-0.3, -0.25) is 0 Å². The summed E-state index contributed by atoms with van der Waals surface area (Å²) in [5, 5.41) is 0. The van der Waals surface area contributed by atoms with Crippen LogP contribution in [-0.2, 0) is 0 Å². The molecular formula is C8H7F3O. The fraction of sp³-hybridized carbons (Fsp3) is 0.250. The number of hydrogen-bond donors (Lipinski definition) is 0. The Kier molecular flexibility index (Phi) is 2.58. The van der Waals surface area contributed by atoms with E-state index < -0.39 is 24.2 Å². The van der Waals surface area contributed by atoms with Crippen LogP contribution >= 0.6 is 0 Å². The highest BCUT2D eigenvalue weighted by molar-refractivity contribution is 5.29. The lowest BCUT2D eigenvalue weighted by Crippen LogP contribution is -1.95. The standard InChI is InChI=1S/C8H7F3O/c1-5-2-7(11)8(12-4-9)3-6(5)10/h2-3H,4H2,1H3. The molecule has 0 aliphatic carbocycles. The van der Waals surface area contributed by atoms with Gasteiger partial charge in [0.25, 0.3) is 0 Å². The van der Waals surface area contributed by atoms with E-state index >= 15 is 0 Å². The summed E-state index contributed by atoms with van der Waals surface area (Å²) in [4.78, 5) is 0. The lowest BCUT2D eigenvalue weighted by molar-refractivity contribution is 0.183. The van der Waals surface area contributed by atoms with Gasteiger partial charge >= 0.3 is 0 Å². The van der Waals surface area contributed by atoms with Gasteiger partial charge in [0.1, 0.15) is 5.82 Å². The zero-order valence-electron chi connectivity index (χ0n) is 6.40. The maximum atomic E-state index is 12.8. The van der Waals surface area contributed by atoms with Crippen LogP contribution in [0.3, 0.4) is 0 Å². The van der Waals surface area contributed by atoms with Crippen LogP contribution in [0.1, 0.15) is 5.56 Å². The summed E-state index contributed by atoms with van der Waals surface area (Å²) in [6.07, 6.45) is 0. The van der Waals surface area contributed by atoms with Crippen molar-refractivity contribution in [3.8, 4) is 5.75 Å². The molecule has 0 unspecified atom stereocenters. The first-order chi connectivity index (χ1) is 5.65. The van der Waals surface area contributed by atoms with E-state index in [1.807, 2.05) is 0 Å². The van der Waals surface area contributed by atoms with E-state index in [9.17, 15) is 13.2 Å². The van der Waals surface area contributed by atoms with Crippen molar-refractivity contribution < 1.29 is 17.9 Å². The van der Waals surface area contributed by atoms with Crippen LogP contribution in [0.5, 0.6) is 5.75 Å². The minimum Gasteiger partial charge on any atom is -0.460 e. The van der Waals surface area contributed by atoms with Crippen LogP contribution < -0.4 is 4.74 Å². The predicted octanol–water partition coefficient (Wildman–Crippen LogP) is 2.58. The van der Waals surface area contributed by atoms with Crippen molar-refractivity contribution in [2.45, 2.75) is 6.92 Å². The van der Waals surface area contributed by atoms with E-state index in [0.29, 0.717) is 0 Å². The molecule has 66 valence electrons. The molecule has 0 radical (unpaired) electrons. The van der Waals surface area contributed by atoms with Gasteiger partial charge < -0.3 is 4.74 Å². The van der Waals surface area contributed by atoms with E-state index in [0.717, 1.165) is 12.1 Å². The summed E-state index contributed by atoms with van der Waals surface area (Å²) in [5.41, 5.74) is 0.165. The van der Waals surface area contributed by atoms with E-state index in [2.05, 4.69) is 4.74 Å². The summed E-state index contributed by atoms with van der Waals surface area (Å²) < 4.78 is 41.2. The molecule has 0 spiro atoms. The van der Waals surface area contributed by atoms with Gasteiger partial charge in [0.05, 0.1) is 0 Å². The molecule has 0 saturated carbocycles. The summed E-state index contributed by atoms with van der Waals surface area (Å²) in [6.45, 7) is 0.247. The van der Waals surface area contributed by atoms with Crippen LogP contribution in [0.25, 0.3) is 0 Å². The second-order valence-electron chi connectivity index (χ2n) is 2.29. The molecule has 1 aromatic carbocycles. The van der Waals surface area contributed by atoms with E-state index in [1.54, 1.807) is 0 Å². The third-order valence-electron chi connectivity index (χ3n) is 1.42. The van der Waals surface area contributed by atoms with Gasteiger partial charge in [0, 0.05) is 6.07 Å². The number of aryl methyl sites for hydroxylation is 1. The molecule has 12 heavy (non-hydrogen) atoms. The summed E-state index contributed by atoms with van der Waals surface area (Å²) >= 11 is 0. The monoisotopic (exact) mass is 176 g/mol. The molecule has 0 heterocycles. The fourth-order valence-electron chi connectivity index (χ4n) is 0.797. The van der Waals surface area contributed by atoms with Crippen molar-refractivity contribution in [1.29, 1.82) is 0 Å². The Morgan fingerprint density at radius 3 is 2.50 bits per heavy atom. The highest BCUT2D eigenvalue weighted by Gasteiger charge is 2.07. The largest absolute Gasteiger partial charge is 0.460 e. The predicted molar refractivity (Wildman–Crippen MR) is 37.7 cm³/mol. The molecule has 0 aliphatic heterocycles. The Bertz CT molecular complexity index is 286. The lowest BCUT2D eigenvalue weighted by atomic mass is 10.2. The van der Waals surface area contributed by atoms with Crippen LogP contribution in [0, 0.1) is 18.6 Å². The van der Waals surface area contributed by atoms with Gasteiger partial charge in [-0.2, -0.15) is 0 Å². The molecule has 0 fully saturated rings. The fourth-order valence-corrected chi connectivity index (χ4v) is 0.797. The third-order valence-corrected chi connectivity index (χ3v) is 1.42. The van der Waals surface area contributed by atoms with Crippen LogP contribution in [-0.4, -0.2) is 6.86 Å². The topological polar surface area (TPSA) is 9.23 Å². The van der Waals surface area contributed by atoms with Gasteiger partial charge in [-0.1, -0.05) is 0 Å². The zero-order chi connectivity index (χ0) is 9.14. The Hall–Kier alpha value is -1.19. The minimum absolute atomic E-state index is 0.165. The SMILES string of the molecule is Cc1cc(F)c(OCF)cc1F. The molecule has 0 saturated heterocycles. The highest BCUT2D eigenvalue weighted by Crippen LogP contribution is 2.20. The molecule has 0 aromatic heterocycles. The number of rotatable bonds is 2. The molecule has 0 bridgehead atoms. The van der Waals surface area contributed by atoms with Gasteiger partial charge in [-0.25, -0.2) is 13.2 Å². The molecule has 0 aliphatic rings. The normalized spacial score (nSPS) is 10.0. The van der Waals surface area contributed by atoms with Gasteiger partial charge in [0.15, 0.2) is 11.6 Å². The van der Waals surface area contributed by atoms with Crippen LogP contribution in [0.4, 0.5) is 13.2 Å². The summed E-state index contributed by atoms with van der Waals surface area (Å²) in [6, 6.07) is 1.78. The van der Waals surface area contributed by atoms with Gasteiger partial charge in [-0.15, -0.1) is 0 Å². The second-order valence-corrected chi connectivity index (χ2v) is 2.29. The van der Waals surface area contributed by atoms with Crippen molar-refractivity contribution in [3.63, 3.8) is 0 Å². The van der Waals surface area contributed by atoms with E-state index in [1.165, 1.54) is 6.92 Å². The molecule has 1 nitrogen and oxygen atoms in total. The molecule has 1 aromatic rings. The van der Waals surface area contributed by atoms with E-state index in [4.69, 9.17) is 0 Å². The molecule has 1 rings (SSSR count). The summed E-state index contributed by atoms with van der Waals surface area (Å²) in [7, 11) is 0. The van der Waals surface area contributed by atoms with Gasteiger partial charge in [0.2, 0.25) is 6.86 Å². The third kappa shape index (κ3) is 1.69. The van der Waals surface area contributed by atoms with Crippen molar-refractivity contribution >= 4 is 0 Å². The number of benzene rings is 1. The first-order valence-corrected chi connectivity index (χ1v) is 3.29. The summed E-state index contributed by atoms with van der Waals surface area (Å²) in [5.74, 6) is -1.77. The van der Waals surface area contributed by atoms with Crippen molar-refractivity contribution in [2.75, 3.05) is 6.86 Å². The molecule has 0 atom stereocenters. The van der Waals surface area contributed by atoms with Gasteiger partial charge in [-0.05, 0) is 18.6 Å². The van der Waals surface area contributed by atoms with Crippen molar-refractivity contribution in [2.24, 2.45) is 0 Å². The minimum atomic E-state index is -1.17. The average Bonchev–Trinajstić information content (AvgIpc) is 2.01. The number of halogens is 3. The Balaban J connectivity index is 3.05. The number of hydrogen-bond acceptors (Lipinski definition) is 1. The number of alkyl halides is 1. The first-order valence-electron chi connectivity index (χ1n) is 3.29.